The van der Waals surface area contributed by atoms with Crippen LogP contribution in [0.15, 0.2) is 29.2 Å². The predicted molar refractivity (Wildman–Crippen MR) is 173 cm³/mol. The fourth-order valence-electron chi connectivity index (χ4n) is 5.29. The van der Waals surface area contributed by atoms with Crippen LogP contribution in [0.1, 0.15) is 60.5 Å². The monoisotopic (exact) mass is 760 g/mol. The van der Waals surface area contributed by atoms with Crippen molar-refractivity contribution in [3.63, 3.8) is 0 Å². The molecule has 4 rings (SSSR count). The fourth-order valence-corrected chi connectivity index (χ4v) is 6.49. The van der Waals surface area contributed by atoms with Gasteiger partial charge in [-0.05, 0) is 33.8 Å². The summed E-state index contributed by atoms with van der Waals surface area (Å²) in [6, 6.07) is 2.73. The van der Waals surface area contributed by atoms with Crippen LogP contribution in [0.4, 0.5) is 18.4 Å². The third-order valence-electron chi connectivity index (χ3n) is 7.83. The highest BCUT2D eigenvalue weighted by Gasteiger charge is 2.53. The van der Waals surface area contributed by atoms with Gasteiger partial charge in [0.15, 0.2) is 17.1 Å². The van der Waals surface area contributed by atoms with E-state index in [1.807, 2.05) is 0 Å². The SMILES string of the molecule is CC(C)OC(=O)OCOP(=O)(CCN1C(=O)c2c(O)c(=O)c(C(=O)NCc3ccc(F)cc3F)cn2N(C)C12CCOC2)OCOC(=O)OC(C)C. The van der Waals surface area contributed by atoms with E-state index in [2.05, 4.69) is 5.32 Å². The van der Waals surface area contributed by atoms with Gasteiger partial charge < -0.3 is 39.0 Å². The standard InChI is InChI=1S/C31H39F2N4O14P/c1-18(2)50-29(42)46-16-48-52(44,49-17-47-30(43)51-19(3)4)11-9-36-28(41)24-26(39)25(38)22(14-37(24)35(5)31(36)8-10-45-15-31)27(40)34-13-20-6-7-21(32)12-23(20)33/h6-7,12,14,18-19,39H,8-11,13,15-17H2,1-5H3,(H,34,40). The van der Waals surface area contributed by atoms with Gasteiger partial charge in [0.25, 0.3) is 11.8 Å². The van der Waals surface area contributed by atoms with Gasteiger partial charge in [-0.1, -0.05) is 6.07 Å². The molecule has 0 aliphatic carbocycles. The summed E-state index contributed by atoms with van der Waals surface area (Å²) < 4.78 is 77.9. The maximum atomic E-state index is 14.1. The maximum absolute atomic E-state index is 14.1. The van der Waals surface area contributed by atoms with Crippen LogP contribution in [0.3, 0.4) is 0 Å². The molecule has 21 heteroatoms. The van der Waals surface area contributed by atoms with E-state index in [4.69, 9.17) is 32.7 Å². The number of nitrogens with zero attached hydrogens (tertiary/aromatic N) is 3. The smallest absolute Gasteiger partial charge is 0.502 e. The average molecular weight is 761 g/mol. The van der Waals surface area contributed by atoms with Gasteiger partial charge in [0.1, 0.15) is 17.2 Å². The Morgan fingerprint density at radius 2 is 1.65 bits per heavy atom. The summed E-state index contributed by atoms with van der Waals surface area (Å²) in [6.07, 6.45) is -2.75. The number of ether oxygens (including phenoxy) is 5. The van der Waals surface area contributed by atoms with Gasteiger partial charge in [0, 0.05) is 44.4 Å². The molecular weight excluding hydrogens is 721 g/mol. The Kier molecular flexibility index (Phi) is 12.8. The van der Waals surface area contributed by atoms with Crippen molar-refractivity contribution in [1.82, 2.24) is 14.9 Å². The number of fused-ring (bicyclic) bond motifs is 1. The first-order valence-corrected chi connectivity index (χ1v) is 17.6. The summed E-state index contributed by atoms with van der Waals surface area (Å²) in [5.74, 6) is -4.80. The molecule has 52 heavy (non-hydrogen) atoms. The van der Waals surface area contributed by atoms with Crippen LogP contribution >= 0.6 is 7.60 Å². The van der Waals surface area contributed by atoms with Crippen LogP contribution in [0.2, 0.25) is 0 Å². The summed E-state index contributed by atoms with van der Waals surface area (Å²) in [4.78, 5) is 65.3. The van der Waals surface area contributed by atoms with Gasteiger partial charge in [-0.25, -0.2) is 18.4 Å². The van der Waals surface area contributed by atoms with Crippen LogP contribution in [-0.2, 0) is 43.8 Å². The summed E-state index contributed by atoms with van der Waals surface area (Å²) in [7, 11) is -2.89. The minimum atomic E-state index is -4.39. The number of nitrogens with one attached hydrogen (secondary N) is 1. The highest BCUT2D eigenvalue weighted by atomic mass is 31.2. The van der Waals surface area contributed by atoms with E-state index in [1.54, 1.807) is 27.7 Å². The Hall–Kier alpha value is -4.78. The molecule has 1 aromatic heterocycles. The second kappa shape index (κ2) is 16.7. The summed E-state index contributed by atoms with van der Waals surface area (Å²) in [5.41, 5.74) is -3.78. The number of hydrogen-bond donors (Lipinski definition) is 2. The molecule has 2 aliphatic heterocycles. The third kappa shape index (κ3) is 9.17. The van der Waals surface area contributed by atoms with Gasteiger partial charge in [0.05, 0.1) is 31.6 Å². The normalized spacial score (nSPS) is 17.1. The molecule has 2 amide bonds. The van der Waals surface area contributed by atoms with Crippen LogP contribution in [0.5, 0.6) is 5.75 Å². The number of benzene rings is 1. The van der Waals surface area contributed by atoms with E-state index in [-0.39, 0.29) is 25.2 Å². The molecular formula is C31H39F2N4O14P. The van der Waals surface area contributed by atoms with Crippen molar-refractivity contribution in [3.8, 4) is 5.75 Å². The van der Waals surface area contributed by atoms with Gasteiger partial charge >= 0.3 is 19.9 Å². The molecule has 2 aliphatic rings. The van der Waals surface area contributed by atoms with Gasteiger partial charge in [-0.2, -0.15) is 0 Å². The van der Waals surface area contributed by atoms with E-state index in [1.165, 1.54) is 17.0 Å². The van der Waals surface area contributed by atoms with Crippen molar-refractivity contribution in [2.45, 2.75) is 58.5 Å². The highest BCUT2D eigenvalue weighted by molar-refractivity contribution is 7.53. The molecule has 3 heterocycles. The zero-order chi connectivity index (χ0) is 38.4. The first-order chi connectivity index (χ1) is 24.5. The third-order valence-corrected chi connectivity index (χ3v) is 9.58. The second-order valence-corrected chi connectivity index (χ2v) is 14.2. The maximum Gasteiger partial charge on any atom is 0.510 e. The number of aromatic nitrogens is 1. The van der Waals surface area contributed by atoms with Gasteiger partial charge in [-0.3, -0.25) is 37.7 Å². The summed E-state index contributed by atoms with van der Waals surface area (Å²) in [5, 5.41) is 14.8. The topological polar surface area (TPSA) is 211 Å². The van der Waals surface area contributed by atoms with Crippen molar-refractivity contribution < 1.29 is 70.4 Å². The molecule has 1 saturated heterocycles. The molecule has 1 spiro atoms. The molecule has 0 radical (unpaired) electrons. The molecule has 1 atom stereocenters. The molecule has 0 bridgehead atoms. The Balaban J connectivity index is 1.59. The number of amides is 2. The van der Waals surface area contributed by atoms with Crippen LogP contribution in [0, 0.1) is 11.6 Å². The first-order valence-electron chi connectivity index (χ1n) is 15.9. The van der Waals surface area contributed by atoms with Gasteiger partial charge in [0.2, 0.25) is 19.0 Å². The molecule has 0 saturated carbocycles. The molecule has 18 nitrogen and oxygen atoms in total. The number of hydrogen-bond acceptors (Lipinski definition) is 15. The lowest BCUT2D eigenvalue weighted by atomic mass is 10.0. The lowest BCUT2D eigenvalue weighted by Gasteiger charge is -2.52. The minimum absolute atomic E-state index is 0.0728. The van der Waals surface area contributed by atoms with Crippen LogP contribution < -0.4 is 15.8 Å². The fraction of sp³-hybridized carbons (Fsp3) is 0.516. The number of likely N-dealkylation sites (N-methyl/N-ethyl adjacent to an activating group) is 1. The average Bonchev–Trinajstić information content (AvgIpc) is 3.54. The molecule has 286 valence electrons. The van der Waals surface area contributed by atoms with E-state index < -0.39 is 116 Å². The molecule has 1 aromatic carbocycles. The number of carbonyl (C=O) groups excluding carboxylic acids is 4. The first kappa shape index (κ1) is 40.0. The van der Waals surface area contributed by atoms with Crippen molar-refractivity contribution in [2.75, 3.05) is 51.6 Å². The number of aromatic hydroxyl groups is 1. The van der Waals surface area contributed by atoms with E-state index in [0.29, 0.717) is 6.07 Å². The Morgan fingerprint density at radius 3 is 2.19 bits per heavy atom. The lowest BCUT2D eigenvalue weighted by molar-refractivity contribution is -0.0307. The number of rotatable bonds is 14. The minimum Gasteiger partial charge on any atom is -0.502 e. The van der Waals surface area contributed by atoms with Crippen molar-refractivity contribution >= 4 is 31.7 Å². The Morgan fingerprint density at radius 1 is 1.04 bits per heavy atom. The second-order valence-electron chi connectivity index (χ2n) is 12.0. The lowest BCUT2D eigenvalue weighted by Crippen LogP contribution is -2.70. The quantitative estimate of drug-likeness (QED) is 0.161. The summed E-state index contributed by atoms with van der Waals surface area (Å²) in [6.45, 7) is 3.60. The molecule has 2 aromatic rings. The van der Waals surface area contributed by atoms with Crippen molar-refractivity contribution in [1.29, 1.82) is 0 Å². The molecule has 1 fully saturated rings. The van der Waals surface area contributed by atoms with Crippen molar-refractivity contribution in [3.05, 3.63) is 63.1 Å². The van der Waals surface area contributed by atoms with E-state index >= 15 is 0 Å². The largest absolute Gasteiger partial charge is 0.510 e. The van der Waals surface area contributed by atoms with Crippen LogP contribution in [0.25, 0.3) is 0 Å². The number of pyridine rings is 1. The zero-order valence-electron chi connectivity index (χ0n) is 28.9. The van der Waals surface area contributed by atoms with Crippen molar-refractivity contribution in [2.24, 2.45) is 0 Å². The van der Waals surface area contributed by atoms with Gasteiger partial charge in [-0.15, -0.1) is 0 Å². The number of carbonyl (C=O) groups is 4. The molecule has 1 unspecified atom stereocenters. The van der Waals surface area contributed by atoms with Crippen LogP contribution in [-0.4, -0.2) is 103 Å². The highest BCUT2D eigenvalue weighted by Crippen LogP contribution is 2.49. The van der Waals surface area contributed by atoms with E-state index in [9.17, 15) is 42.4 Å². The summed E-state index contributed by atoms with van der Waals surface area (Å²) >= 11 is 0. The number of halogens is 2. The zero-order valence-corrected chi connectivity index (χ0v) is 29.8. The van der Waals surface area contributed by atoms with E-state index in [0.717, 1.165) is 23.0 Å². The molecule has 2 N–H and O–H groups in total. The Labute approximate surface area is 295 Å². The Bertz CT molecular complexity index is 1750. The predicted octanol–water partition coefficient (Wildman–Crippen LogP) is 3.17.